The fourth-order valence-electron chi connectivity index (χ4n) is 1.09. The molecule has 70 valence electrons. The van der Waals surface area contributed by atoms with Crippen molar-refractivity contribution in [1.29, 1.82) is 5.26 Å². The van der Waals surface area contributed by atoms with Gasteiger partial charge in [0.15, 0.2) is 0 Å². The molecule has 0 unspecified atom stereocenters. The fourth-order valence-corrected chi connectivity index (χ4v) is 3.50. The molecular weight excluding hydrogens is 232 g/mol. The van der Waals surface area contributed by atoms with Crippen LogP contribution in [-0.4, -0.2) is 10.6 Å². The molecule has 0 aliphatic carbocycles. The summed E-state index contributed by atoms with van der Waals surface area (Å²) in [4.78, 5) is 2.12. The van der Waals surface area contributed by atoms with Crippen LogP contribution in [0.15, 0.2) is 22.5 Å². The topological polar surface area (TPSA) is 36.7 Å². The molecule has 0 aliphatic rings. The minimum Gasteiger partial charge on any atom is -0.192 e. The third-order valence-electron chi connectivity index (χ3n) is 1.71. The Hall–Kier alpha value is -0.830. The average molecular weight is 238 g/mol. The van der Waals surface area contributed by atoms with Crippen LogP contribution < -0.4 is 0 Å². The summed E-state index contributed by atoms with van der Waals surface area (Å²) in [6.45, 7) is 0. The van der Waals surface area contributed by atoms with E-state index in [0.717, 1.165) is 14.8 Å². The van der Waals surface area contributed by atoms with Gasteiger partial charge in [0.1, 0.15) is 16.7 Å². The maximum absolute atomic E-state index is 9.03. The number of thiophene rings is 1. The molecule has 2 aromatic heterocycles. The minimum absolute atomic E-state index is 0.713. The molecular formula is C9H6N2S3. The fraction of sp³-hybridized carbons (Fsp3) is 0.111. The van der Waals surface area contributed by atoms with Crippen molar-refractivity contribution >= 4 is 34.6 Å². The van der Waals surface area contributed by atoms with Crippen molar-refractivity contribution in [3.05, 3.63) is 23.1 Å². The molecule has 0 aliphatic heterocycles. The number of aromatic nitrogens is 1. The van der Waals surface area contributed by atoms with Gasteiger partial charge in [0.2, 0.25) is 0 Å². The molecule has 0 saturated heterocycles. The highest BCUT2D eigenvalue weighted by atomic mass is 32.2. The molecule has 14 heavy (non-hydrogen) atoms. The number of hydrogen-bond acceptors (Lipinski definition) is 5. The summed E-state index contributed by atoms with van der Waals surface area (Å²) < 4.78 is 4.25. The monoisotopic (exact) mass is 238 g/mol. The highest BCUT2D eigenvalue weighted by Crippen LogP contribution is 2.35. The van der Waals surface area contributed by atoms with E-state index in [9.17, 15) is 0 Å². The second-order valence-corrected chi connectivity index (χ2v) is 5.00. The smallest absolute Gasteiger partial charge is 0.128 e. The van der Waals surface area contributed by atoms with E-state index >= 15 is 0 Å². The van der Waals surface area contributed by atoms with Crippen molar-refractivity contribution in [2.75, 3.05) is 6.26 Å². The van der Waals surface area contributed by atoms with Crippen LogP contribution in [0.1, 0.15) is 5.56 Å². The summed E-state index contributed by atoms with van der Waals surface area (Å²) in [6.07, 6.45) is 1.94. The van der Waals surface area contributed by atoms with Gasteiger partial charge in [0.25, 0.3) is 0 Å². The zero-order valence-corrected chi connectivity index (χ0v) is 9.80. The van der Waals surface area contributed by atoms with Crippen LogP contribution in [0, 0.1) is 11.3 Å². The van der Waals surface area contributed by atoms with Gasteiger partial charge in [-0.1, -0.05) is 6.07 Å². The third-order valence-corrected chi connectivity index (χ3v) is 4.41. The van der Waals surface area contributed by atoms with E-state index in [4.69, 9.17) is 5.26 Å². The van der Waals surface area contributed by atoms with Gasteiger partial charge in [-0.2, -0.15) is 9.64 Å². The van der Waals surface area contributed by atoms with Gasteiger partial charge in [0, 0.05) is 4.88 Å². The van der Waals surface area contributed by atoms with Gasteiger partial charge in [-0.3, -0.25) is 0 Å². The van der Waals surface area contributed by atoms with E-state index in [2.05, 4.69) is 10.4 Å². The normalized spacial score (nSPS) is 10.0. The molecule has 0 atom stereocenters. The first-order valence-electron chi connectivity index (χ1n) is 3.84. The summed E-state index contributed by atoms with van der Waals surface area (Å²) in [5.74, 6) is 0. The Morgan fingerprint density at radius 2 is 2.43 bits per heavy atom. The molecule has 2 nitrogen and oxygen atoms in total. The van der Waals surface area contributed by atoms with Crippen LogP contribution in [0.2, 0.25) is 0 Å². The molecule has 5 heteroatoms. The summed E-state index contributed by atoms with van der Waals surface area (Å²) in [5.41, 5.74) is 0.713. The SMILES string of the molecule is CSc1nsc(-c2cccs2)c1C#N. The first kappa shape index (κ1) is 9.71. The highest BCUT2D eigenvalue weighted by molar-refractivity contribution is 7.98. The first-order chi connectivity index (χ1) is 6.86. The van der Waals surface area contributed by atoms with Crippen molar-refractivity contribution in [1.82, 2.24) is 4.37 Å². The Bertz CT molecular complexity index is 465. The first-order valence-corrected chi connectivity index (χ1v) is 6.72. The molecule has 0 radical (unpaired) electrons. The van der Waals surface area contributed by atoms with Gasteiger partial charge < -0.3 is 0 Å². The lowest BCUT2D eigenvalue weighted by atomic mass is 10.3. The summed E-state index contributed by atoms with van der Waals surface area (Å²) >= 11 is 4.56. The third kappa shape index (κ3) is 1.57. The Morgan fingerprint density at radius 1 is 1.57 bits per heavy atom. The zero-order valence-electron chi connectivity index (χ0n) is 7.35. The molecule has 2 heterocycles. The second kappa shape index (κ2) is 4.13. The summed E-state index contributed by atoms with van der Waals surface area (Å²) in [7, 11) is 0. The van der Waals surface area contributed by atoms with Gasteiger partial charge in [0.05, 0.1) is 4.88 Å². The standard InChI is InChI=1S/C9H6N2S3/c1-12-9-6(5-10)8(14-11-9)7-3-2-4-13-7/h2-4H,1H3. The molecule has 2 aromatic rings. The van der Waals surface area contributed by atoms with Gasteiger partial charge >= 0.3 is 0 Å². The zero-order chi connectivity index (χ0) is 9.97. The van der Waals surface area contributed by atoms with Crippen molar-refractivity contribution < 1.29 is 0 Å². The predicted molar refractivity (Wildman–Crippen MR) is 61.9 cm³/mol. The average Bonchev–Trinajstić information content (AvgIpc) is 2.85. The van der Waals surface area contributed by atoms with Crippen molar-refractivity contribution in [2.24, 2.45) is 0 Å². The lowest BCUT2D eigenvalue weighted by Crippen LogP contribution is -1.76. The van der Waals surface area contributed by atoms with Crippen molar-refractivity contribution in [3.63, 3.8) is 0 Å². The lowest BCUT2D eigenvalue weighted by Gasteiger charge is -1.91. The lowest BCUT2D eigenvalue weighted by molar-refractivity contribution is 1.26. The molecule has 0 amide bonds. The summed E-state index contributed by atoms with van der Waals surface area (Å²) in [6, 6.07) is 6.22. The van der Waals surface area contributed by atoms with E-state index in [1.165, 1.54) is 23.3 Å². The minimum atomic E-state index is 0.713. The van der Waals surface area contributed by atoms with E-state index in [1.807, 2.05) is 23.8 Å². The number of thioether (sulfide) groups is 1. The Labute approximate surface area is 94.4 Å². The Kier molecular flexibility index (Phi) is 2.87. The van der Waals surface area contributed by atoms with Crippen molar-refractivity contribution in [2.45, 2.75) is 5.03 Å². The van der Waals surface area contributed by atoms with Gasteiger partial charge in [-0.15, -0.1) is 23.1 Å². The molecule has 0 aromatic carbocycles. The van der Waals surface area contributed by atoms with Gasteiger partial charge in [-0.25, -0.2) is 0 Å². The number of hydrogen-bond donors (Lipinski definition) is 0. The molecule has 0 bridgehead atoms. The van der Waals surface area contributed by atoms with Crippen LogP contribution in [0.25, 0.3) is 9.75 Å². The molecule has 0 N–H and O–H groups in total. The Morgan fingerprint density at radius 3 is 3.00 bits per heavy atom. The maximum Gasteiger partial charge on any atom is 0.128 e. The second-order valence-electron chi connectivity index (χ2n) is 2.49. The number of nitriles is 1. The summed E-state index contributed by atoms with van der Waals surface area (Å²) in [5, 5.41) is 11.9. The van der Waals surface area contributed by atoms with Crippen LogP contribution in [0.4, 0.5) is 0 Å². The molecule has 0 fully saturated rings. The van der Waals surface area contributed by atoms with E-state index in [0.29, 0.717) is 5.56 Å². The molecule has 2 rings (SSSR count). The van der Waals surface area contributed by atoms with E-state index < -0.39 is 0 Å². The maximum atomic E-state index is 9.03. The van der Waals surface area contributed by atoms with Gasteiger partial charge in [-0.05, 0) is 29.2 Å². The van der Waals surface area contributed by atoms with Crippen LogP contribution >= 0.6 is 34.6 Å². The largest absolute Gasteiger partial charge is 0.192 e. The van der Waals surface area contributed by atoms with E-state index in [-0.39, 0.29) is 0 Å². The number of rotatable bonds is 2. The highest BCUT2D eigenvalue weighted by Gasteiger charge is 2.14. The van der Waals surface area contributed by atoms with Crippen LogP contribution in [0.5, 0.6) is 0 Å². The number of nitrogens with zero attached hydrogens (tertiary/aromatic N) is 2. The quantitative estimate of drug-likeness (QED) is 0.752. The predicted octanol–water partition coefficient (Wildman–Crippen LogP) is 3.47. The van der Waals surface area contributed by atoms with E-state index in [1.54, 1.807) is 11.3 Å². The molecule has 0 spiro atoms. The molecule has 0 saturated carbocycles. The Balaban J connectivity index is 2.56. The van der Waals surface area contributed by atoms with Crippen molar-refractivity contribution in [3.8, 4) is 15.8 Å². The van der Waals surface area contributed by atoms with Crippen LogP contribution in [0.3, 0.4) is 0 Å². The van der Waals surface area contributed by atoms with Crippen LogP contribution in [-0.2, 0) is 0 Å².